The molecule has 2 rings (SSSR count). The fourth-order valence-electron chi connectivity index (χ4n) is 2.75. The van der Waals surface area contributed by atoms with Crippen molar-refractivity contribution in [2.45, 2.75) is 33.1 Å². The van der Waals surface area contributed by atoms with E-state index in [4.69, 9.17) is 0 Å². The van der Waals surface area contributed by atoms with Gasteiger partial charge in [0.1, 0.15) is 0 Å². The summed E-state index contributed by atoms with van der Waals surface area (Å²) in [4.78, 5) is 2.57. The first-order chi connectivity index (χ1) is 9.24. The maximum absolute atomic E-state index is 3.40. The van der Waals surface area contributed by atoms with Crippen molar-refractivity contribution < 1.29 is 0 Å². The number of hydrogen-bond donors (Lipinski definition) is 1. The van der Waals surface area contributed by atoms with E-state index in [9.17, 15) is 0 Å². The zero-order valence-electron chi connectivity index (χ0n) is 12.5. The predicted octanol–water partition coefficient (Wildman–Crippen LogP) is 2.72. The van der Waals surface area contributed by atoms with Crippen molar-refractivity contribution in [1.29, 1.82) is 0 Å². The Kier molecular flexibility index (Phi) is 5.87. The minimum atomic E-state index is 0.749. The van der Waals surface area contributed by atoms with Gasteiger partial charge in [0.2, 0.25) is 0 Å². The highest BCUT2D eigenvalue weighted by Gasteiger charge is 2.08. The Hall–Kier alpha value is -0.860. The van der Waals surface area contributed by atoms with E-state index < -0.39 is 0 Å². The number of rotatable bonds is 6. The lowest BCUT2D eigenvalue weighted by Crippen LogP contribution is -2.43. The van der Waals surface area contributed by atoms with Crippen LogP contribution < -0.4 is 5.32 Å². The van der Waals surface area contributed by atoms with E-state index in [0.29, 0.717) is 0 Å². The van der Waals surface area contributed by atoms with Gasteiger partial charge in [0.05, 0.1) is 0 Å². The van der Waals surface area contributed by atoms with Crippen LogP contribution in [0.25, 0.3) is 0 Å². The molecule has 1 saturated heterocycles. The van der Waals surface area contributed by atoms with Crippen LogP contribution in [0.1, 0.15) is 31.4 Å². The first-order valence-electron chi connectivity index (χ1n) is 7.75. The third kappa shape index (κ3) is 5.33. The Morgan fingerprint density at radius 1 is 1.05 bits per heavy atom. The molecule has 0 unspecified atom stereocenters. The first kappa shape index (κ1) is 14.5. The topological polar surface area (TPSA) is 15.3 Å². The first-order valence-corrected chi connectivity index (χ1v) is 7.75. The lowest BCUT2D eigenvalue weighted by atomic mass is 10.0. The molecule has 106 valence electrons. The summed E-state index contributed by atoms with van der Waals surface area (Å²) >= 11 is 0. The molecule has 0 aliphatic carbocycles. The normalized spacial score (nSPS) is 17.0. The van der Waals surface area contributed by atoms with Crippen LogP contribution in [-0.4, -0.2) is 37.6 Å². The number of piperazine rings is 1. The van der Waals surface area contributed by atoms with E-state index in [-0.39, 0.29) is 0 Å². The van der Waals surface area contributed by atoms with Gasteiger partial charge in [0, 0.05) is 26.2 Å². The second kappa shape index (κ2) is 7.66. The van der Waals surface area contributed by atoms with Gasteiger partial charge in [0.15, 0.2) is 0 Å². The minimum absolute atomic E-state index is 0.749. The van der Waals surface area contributed by atoms with E-state index in [1.54, 1.807) is 0 Å². The van der Waals surface area contributed by atoms with Crippen molar-refractivity contribution in [3.63, 3.8) is 0 Å². The van der Waals surface area contributed by atoms with Crippen molar-refractivity contribution in [2.24, 2.45) is 5.92 Å². The van der Waals surface area contributed by atoms with E-state index in [1.807, 2.05) is 0 Å². The summed E-state index contributed by atoms with van der Waals surface area (Å²) in [6.45, 7) is 10.5. The van der Waals surface area contributed by atoms with Gasteiger partial charge < -0.3 is 10.2 Å². The maximum Gasteiger partial charge on any atom is 0.0107 e. The molecule has 19 heavy (non-hydrogen) atoms. The fourth-order valence-corrected chi connectivity index (χ4v) is 2.75. The molecule has 1 fully saturated rings. The molecule has 0 atom stereocenters. The molecule has 1 aliphatic rings. The monoisotopic (exact) mass is 260 g/mol. The molecule has 1 aromatic carbocycles. The molecule has 0 saturated carbocycles. The van der Waals surface area contributed by atoms with Crippen molar-refractivity contribution in [3.8, 4) is 0 Å². The Morgan fingerprint density at radius 3 is 2.32 bits per heavy atom. The van der Waals surface area contributed by atoms with Gasteiger partial charge in [-0.05, 0) is 42.9 Å². The molecule has 0 amide bonds. The van der Waals surface area contributed by atoms with E-state index in [2.05, 4.69) is 48.3 Å². The second-order valence-electron chi connectivity index (χ2n) is 6.11. The lowest BCUT2D eigenvalue weighted by molar-refractivity contribution is 0.238. The maximum atomic E-state index is 3.40. The molecular weight excluding hydrogens is 232 g/mol. The largest absolute Gasteiger partial charge is 0.314 e. The van der Waals surface area contributed by atoms with Gasteiger partial charge in [-0.2, -0.15) is 0 Å². The molecule has 1 heterocycles. The van der Waals surface area contributed by atoms with Crippen LogP contribution >= 0.6 is 0 Å². The summed E-state index contributed by atoms with van der Waals surface area (Å²) in [5.41, 5.74) is 2.96. The quantitative estimate of drug-likeness (QED) is 0.846. The van der Waals surface area contributed by atoms with Crippen LogP contribution in [0.3, 0.4) is 0 Å². The zero-order chi connectivity index (χ0) is 13.5. The van der Waals surface area contributed by atoms with Gasteiger partial charge in [-0.3, -0.25) is 0 Å². The number of aryl methyl sites for hydroxylation is 1. The zero-order valence-corrected chi connectivity index (χ0v) is 12.5. The van der Waals surface area contributed by atoms with E-state index in [0.717, 1.165) is 19.0 Å². The average molecular weight is 260 g/mol. The molecule has 2 nitrogen and oxygen atoms in total. The van der Waals surface area contributed by atoms with Gasteiger partial charge in [-0.15, -0.1) is 0 Å². The summed E-state index contributed by atoms with van der Waals surface area (Å²) in [6.07, 6.45) is 3.69. The summed E-state index contributed by atoms with van der Waals surface area (Å²) in [5.74, 6) is 0.749. The van der Waals surface area contributed by atoms with Crippen LogP contribution in [-0.2, 0) is 12.8 Å². The second-order valence-corrected chi connectivity index (χ2v) is 6.11. The SMILES string of the molecule is CC(C)Cc1ccc(CCCN2CCNCC2)cc1. The van der Waals surface area contributed by atoms with Crippen LogP contribution in [0.5, 0.6) is 0 Å². The Balaban J connectivity index is 1.70. The standard InChI is InChI=1S/C17H28N2/c1-15(2)14-17-7-5-16(6-8-17)4-3-11-19-12-9-18-10-13-19/h5-8,15,18H,3-4,9-14H2,1-2H3. The van der Waals surface area contributed by atoms with E-state index >= 15 is 0 Å². The summed E-state index contributed by atoms with van der Waals surface area (Å²) < 4.78 is 0. The summed E-state index contributed by atoms with van der Waals surface area (Å²) in [6, 6.07) is 9.24. The van der Waals surface area contributed by atoms with Gasteiger partial charge >= 0.3 is 0 Å². The Morgan fingerprint density at radius 2 is 1.68 bits per heavy atom. The molecule has 2 heteroatoms. The van der Waals surface area contributed by atoms with Crippen LogP contribution in [0.15, 0.2) is 24.3 Å². The number of nitrogens with one attached hydrogen (secondary N) is 1. The minimum Gasteiger partial charge on any atom is -0.314 e. The van der Waals surface area contributed by atoms with Crippen molar-refractivity contribution >= 4 is 0 Å². The number of nitrogens with zero attached hydrogens (tertiary/aromatic N) is 1. The van der Waals surface area contributed by atoms with Crippen LogP contribution in [0.4, 0.5) is 0 Å². The molecule has 0 aromatic heterocycles. The van der Waals surface area contributed by atoms with Crippen LogP contribution in [0, 0.1) is 5.92 Å². The summed E-state index contributed by atoms with van der Waals surface area (Å²) in [5, 5.41) is 3.40. The van der Waals surface area contributed by atoms with Crippen molar-refractivity contribution in [3.05, 3.63) is 35.4 Å². The third-order valence-electron chi connectivity index (χ3n) is 3.82. The lowest BCUT2D eigenvalue weighted by Gasteiger charge is -2.27. The van der Waals surface area contributed by atoms with Crippen molar-refractivity contribution in [1.82, 2.24) is 10.2 Å². The summed E-state index contributed by atoms with van der Waals surface area (Å²) in [7, 11) is 0. The fraction of sp³-hybridized carbons (Fsp3) is 0.647. The predicted molar refractivity (Wildman–Crippen MR) is 82.6 cm³/mol. The van der Waals surface area contributed by atoms with Gasteiger partial charge in [-0.1, -0.05) is 38.1 Å². The molecule has 1 aliphatic heterocycles. The molecular formula is C17H28N2. The van der Waals surface area contributed by atoms with E-state index in [1.165, 1.54) is 50.0 Å². The molecule has 1 N–H and O–H groups in total. The highest BCUT2D eigenvalue weighted by molar-refractivity contribution is 5.22. The smallest absolute Gasteiger partial charge is 0.0107 e. The highest BCUT2D eigenvalue weighted by atomic mass is 15.2. The highest BCUT2D eigenvalue weighted by Crippen LogP contribution is 2.11. The van der Waals surface area contributed by atoms with Crippen LogP contribution in [0.2, 0.25) is 0 Å². The third-order valence-corrected chi connectivity index (χ3v) is 3.82. The molecule has 1 aromatic rings. The number of benzene rings is 1. The van der Waals surface area contributed by atoms with Gasteiger partial charge in [0.25, 0.3) is 0 Å². The molecule has 0 bridgehead atoms. The average Bonchev–Trinajstić information content (AvgIpc) is 2.41. The molecule has 0 spiro atoms. The van der Waals surface area contributed by atoms with Gasteiger partial charge in [-0.25, -0.2) is 0 Å². The Labute approximate surface area is 118 Å². The van der Waals surface area contributed by atoms with Crippen molar-refractivity contribution in [2.75, 3.05) is 32.7 Å². The Bertz CT molecular complexity index is 350. The molecule has 0 radical (unpaired) electrons. The number of hydrogen-bond acceptors (Lipinski definition) is 2.